The third-order valence-corrected chi connectivity index (χ3v) is 10.2. The van der Waals surface area contributed by atoms with E-state index in [2.05, 4.69) is 6.08 Å². The van der Waals surface area contributed by atoms with E-state index in [0.717, 1.165) is 6.42 Å². The van der Waals surface area contributed by atoms with Gasteiger partial charge in [0.1, 0.15) is 6.04 Å². The minimum absolute atomic E-state index is 0.0129. The number of likely N-dealkylation sites (tertiary alicyclic amines) is 1. The Morgan fingerprint density at radius 3 is 2.49 bits per heavy atom. The summed E-state index contributed by atoms with van der Waals surface area (Å²) in [6.45, 7) is 5.95. The molecule has 5 rings (SSSR count). The number of hydrogen-bond donors (Lipinski definition) is 1. The summed E-state index contributed by atoms with van der Waals surface area (Å²) in [5, 5.41) is 9.85. The molecule has 2 fully saturated rings. The lowest BCUT2D eigenvalue weighted by Crippen LogP contribution is -2.53. The minimum Gasteiger partial charge on any atom is -0.396 e. The first kappa shape index (κ1) is 26.3. The SMILES string of the molecule is CCCN1CC=C[C@]2(C)S[C@]34C=CCN(c5ccccc5Cl)C(=O)C3N(CCCCO)C(=O)[C@@H]4[C@@H]2C1=O. The molecule has 4 aliphatic heterocycles. The summed E-state index contributed by atoms with van der Waals surface area (Å²) in [4.78, 5) is 47.8. The Bertz CT molecular complexity index is 1160. The van der Waals surface area contributed by atoms with Gasteiger partial charge in [0.2, 0.25) is 11.8 Å². The Morgan fingerprint density at radius 1 is 1.00 bits per heavy atom. The average Bonchev–Trinajstić information content (AvgIpc) is 3.13. The third kappa shape index (κ3) is 4.12. The molecule has 4 aliphatic rings. The summed E-state index contributed by atoms with van der Waals surface area (Å²) in [6, 6.07) is 6.47. The maximum Gasteiger partial charge on any atom is 0.251 e. The molecule has 0 saturated carbocycles. The summed E-state index contributed by atoms with van der Waals surface area (Å²) in [6.07, 6.45) is 10.0. The van der Waals surface area contributed by atoms with Crippen LogP contribution in [0.5, 0.6) is 0 Å². The van der Waals surface area contributed by atoms with Crippen LogP contribution in [-0.4, -0.2) is 80.9 Å². The molecule has 0 bridgehead atoms. The van der Waals surface area contributed by atoms with Crippen molar-refractivity contribution in [2.75, 3.05) is 37.7 Å². The molecular weight excluding hydrogens is 510 g/mol. The Labute approximate surface area is 227 Å². The van der Waals surface area contributed by atoms with Gasteiger partial charge in [0.05, 0.1) is 27.3 Å². The van der Waals surface area contributed by atoms with Gasteiger partial charge in [0.15, 0.2) is 0 Å². The van der Waals surface area contributed by atoms with Crippen molar-refractivity contribution in [3.05, 3.63) is 53.6 Å². The van der Waals surface area contributed by atoms with Gasteiger partial charge < -0.3 is 19.8 Å². The molecule has 1 N–H and O–H groups in total. The van der Waals surface area contributed by atoms with E-state index in [4.69, 9.17) is 11.6 Å². The van der Waals surface area contributed by atoms with Crippen molar-refractivity contribution in [1.82, 2.24) is 9.80 Å². The molecule has 7 nitrogen and oxygen atoms in total. The Balaban J connectivity index is 1.62. The van der Waals surface area contributed by atoms with Crippen LogP contribution >= 0.6 is 23.4 Å². The molecule has 5 atom stereocenters. The maximum atomic E-state index is 14.4. The van der Waals surface area contributed by atoms with E-state index < -0.39 is 27.4 Å². The number of carbonyl (C=O) groups is 3. The fraction of sp³-hybridized carbons (Fsp3) is 0.536. The third-order valence-electron chi connectivity index (χ3n) is 8.08. The van der Waals surface area contributed by atoms with Gasteiger partial charge in [0, 0.05) is 37.5 Å². The monoisotopic (exact) mass is 543 g/mol. The van der Waals surface area contributed by atoms with E-state index in [-0.39, 0.29) is 24.3 Å². The number of anilines is 1. The first-order valence-electron chi connectivity index (χ1n) is 13.1. The normalized spacial score (nSPS) is 32.9. The van der Waals surface area contributed by atoms with Crippen LogP contribution in [0.25, 0.3) is 0 Å². The van der Waals surface area contributed by atoms with Crippen molar-refractivity contribution in [1.29, 1.82) is 0 Å². The molecule has 1 aromatic carbocycles. The van der Waals surface area contributed by atoms with Crippen LogP contribution in [0, 0.1) is 11.8 Å². The van der Waals surface area contributed by atoms with Crippen LogP contribution in [0.3, 0.4) is 0 Å². The number of benzene rings is 1. The number of nitrogens with zero attached hydrogens (tertiary/aromatic N) is 3. The number of unbranched alkanes of at least 4 members (excludes halogenated alkanes) is 1. The summed E-state index contributed by atoms with van der Waals surface area (Å²) < 4.78 is -1.49. The summed E-state index contributed by atoms with van der Waals surface area (Å²) in [7, 11) is 0. The second-order valence-corrected chi connectivity index (χ2v) is 12.6. The van der Waals surface area contributed by atoms with Gasteiger partial charge in [0.25, 0.3) is 5.91 Å². The van der Waals surface area contributed by atoms with Gasteiger partial charge in [-0.15, -0.1) is 11.8 Å². The second-order valence-electron chi connectivity index (χ2n) is 10.4. The van der Waals surface area contributed by atoms with Crippen molar-refractivity contribution < 1.29 is 19.5 Å². The summed E-state index contributed by atoms with van der Waals surface area (Å²) in [5.41, 5.74) is 0.607. The first-order valence-corrected chi connectivity index (χ1v) is 14.3. The number of rotatable bonds is 7. The number of amides is 3. The van der Waals surface area contributed by atoms with E-state index in [9.17, 15) is 19.5 Å². The molecule has 3 amide bonds. The minimum atomic E-state index is -0.877. The molecule has 0 radical (unpaired) electrons. The van der Waals surface area contributed by atoms with Gasteiger partial charge in [-0.2, -0.15) is 0 Å². The predicted octanol–water partition coefficient (Wildman–Crippen LogP) is 3.51. The van der Waals surface area contributed by atoms with Gasteiger partial charge >= 0.3 is 0 Å². The van der Waals surface area contributed by atoms with E-state index in [1.54, 1.807) is 27.6 Å². The van der Waals surface area contributed by atoms with Gasteiger partial charge in [-0.3, -0.25) is 14.4 Å². The van der Waals surface area contributed by atoms with E-state index in [0.29, 0.717) is 49.7 Å². The van der Waals surface area contributed by atoms with Crippen molar-refractivity contribution >= 4 is 46.8 Å². The lowest BCUT2D eigenvalue weighted by atomic mass is 9.74. The molecule has 0 aromatic heterocycles. The van der Waals surface area contributed by atoms with E-state index in [1.165, 1.54) is 0 Å². The number of carbonyl (C=O) groups excluding carboxylic acids is 3. The van der Waals surface area contributed by atoms with Crippen LogP contribution in [-0.2, 0) is 14.4 Å². The number of fused-ring (bicyclic) bond motifs is 2. The van der Waals surface area contributed by atoms with E-state index >= 15 is 0 Å². The fourth-order valence-electron chi connectivity index (χ4n) is 6.56. The zero-order valence-corrected chi connectivity index (χ0v) is 22.9. The maximum absolute atomic E-state index is 14.4. The van der Waals surface area contributed by atoms with Crippen molar-refractivity contribution in [2.45, 2.75) is 48.6 Å². The Kier molecular flexibility index (Phi) is 7.20. The molecule has 9 heteroatoms. The molecule has 1 aromatic rings. The molecule has 2 saturated heterocycles. The molecular formula is C28H34ClN3O4S. The van der Waals surface area contributed by atoms with Gasteiger partial charge in [-0.05, 0) is 38.3 Å². The number of halogens is 1. The summed E-state index contributed by atoms with van der Waals surface area (Å²) >= 11 is 8.10. The van der Waals surface area contributed by atoms with Gasteiger partial charge in [-0.25, -0.2) is 0 Å². The van der Waals surface area contributed by atoms with Gasteiger partial charge in [-0.1, -0.05) is 55.0 Å². The van der Waals surface area contributed by atoms with Crippen LogP contribution in [0.1, 0.15) is 33.1 Å². The molecule has 1 unspecified atom stereocenters. The molecule has 4 heterocycles. The lowest BCUT2D eigenvalue weighted by Gasteiger charge is -2.37. The number of aliphatic hydroxyl groups is 1. The first-order chi connectivity index (χ1) is 17.8. The summed E-state index contributed by atoms with van der Waals surface area (Å²) in [5.74, 6) is -1.57. The highest BCUT2D eigenvalue weighted by Gasteiger charge is 2.73. The molecule has 1 spiro atoms. The highest BCUT2D eigenvalue weighted by Crippen LogP contribution is 2.65. The molecule has 37 heavy (non-hydrogen) atoms. The van der Waals surface area contributed by atoms with Crippen molar-refractivity contribution in [3.8, 4) is 0 Å². The molecule has 198 valence electrons. The number of hydrogen-bond acceptors (Lipinski definition) is 5. The Hall–Kier alpha value is -2.29. The van der Waals surface area contributed by atoms with Crippen LogP contribution in [0.4, 0.5) is 5.69 Å². The predicted molar refractivity (Wildman–Crippen MR) is 146 cm³/mol. The van der Waals surface area contributed by atoms with Crippen LogP contribution in [0.15, 0.2) is 48.6 Å². The highest BCUT2D eigenvalue weighted by molar-refractivity contribution is 8.02. The molecule has 0 aliphatic carbocycles. The quantitative estimate of drug-likeness (QED) is 0.420. The van der Waals surface area contributed by atoms with Crippen LogP contribution in [0.2, 0.25) is 5.02 Å². The topological polar surface area (TPSA) is 81.2 Å². The van der Waals surface area contributed by atoms with E-state index in [1.807, 2.05) is 55.2 Å². The second kappa shape index (κ2) is 10.1. The highest BCUT2D eigenvalue weighted by atomic mass is 35.5. The van der Waals surface area contributed by atoms with Crippen molar-refractivity contribution in [3.63, 3.8) is 0 Å². The fourth-order valence-corrected chi connectivity index (χ4v) is 8.96. The number of thioether (sulfide) groups is 1. The largest absolute Gasteiger partial charge is 0.396 e. The lowest BCUT2D eigenvalue weighted by molar-refractivity contribution is -0.143. The number of para-hydroxylation sites is 1. The smallest absolute Gasteiger partial charge is 0.251 e. The standard InChI is InChI=1S/C28H34ClN3O4S/c1-3-14-30-15-8-12-27(2)21(24(30)34)22-25(35)32(16-6-7-18-33)23-26(36)31(17-9-13-28(22,23)37-27)20-11-5-4-10-19(20)29/h4-5,8-13,21-23,33H,3,6-7,14-18H2,1-2H3/t21-,22+,23?,27+,28+/m1/s1. The van der Waals surface area contributed by atoms with Crippen LogP contribution < -0.4 is 4.90 Å². The number of aliphatic hydroxyl groups excluding tert-OH is 1. The zero-order chi connectivity index (χ0) is 26.4. The Morgan fingerprint density at radius 2 is 1.76 bits per heavy atom. The average molecular weight is 544 g/mol. The zero-order valence-electron chi connectivity index (χ0n) is 21.3. The van der Waals surface area contributed by atoms with Crippen molar-refractivity contribution in [2.24, 2.45) is 11.8 Å².